The second-order valence-corrected chi connectivity index (χ2v) is 4.29. The zero-order valence-electron chi connectivity index (χ0n) is 5.76. The van der Waals surface area contributed by atoms with Crippen LogP contribution in [0.3, 0.4) is 0 Å². The lowest BCUT2D eigenvalue weighted by atomic mass is 10.5. The van der Waals surface area contributed by atoms with Crippen molar-refractivity contribution in [2.45, 2.75) is 10.2 Å². The molecule has 0 aliphatic carbocycles. The van der Waals surface area contributed by atoms with Gasteiger partial charge in [0.25, 0.3) is 0 Å². The molecule has 0 saturated heterocycles. The maximum absolute atomic E-state index is 10.7. The van der Waals surface area contributed by atoms with Gasteiger partial charge in [-0.15, -0.1) is 0 Å². The molecule has 0 bridgehead atoms. The third-order valence-corrected chi connectivity index (χ3v) is 0.999. The number of hydrogen-bond acceptors (Lipinski definition) is 3. The smallest absolute Gasteiger partial charge is 0.339 e. The van der Waals surface area contributed by atoms with Crippen molar-refractivity contribution in [3.05, 3.63) is 0 Å². The van der Waals surface area contributed by atoms with Crippen molar-refractivity contribution < 1.29 is 9.63 Å². The molecule has 70 valence electrons. The van der Waals surface area contributed by atoms with Crippen LogP contribution in [0.15, 0.2) is 5.16 Å². The molecule has 0 aromatic carbocycles. The summed E-state index contributed by atoms with van der Waals surface area (Å²) in [7, 11) is 0. The van der Waals surface area contributed by atoms with Gasteiger partial charge in [-0.1, -0.05) is 34.8 Å². The maximum atomic E-state index is 10.7. The number of rotatable bonds is 2. The van der Waals surface area contributed by atoms with Gasteiger partial charge in [0.2, 0.25) is 9.75 Å². The molecule has 0 aromatic rings. The molecular formula is C4H6Cl3N3O2. The average Bonchev–Trinajstić information content (AvgIpc) is 1.79. The first-order chi connectivity index (χ1) is 5.31. The Hall–Kier alpha value is -0.390. The first-order valence-electron chi connectivity index (χ1n) is 2.67. The van der Waals surface area contributed by atoms with Crippen molar-refractivity contribution in [1.82, 2.24) is 0 Å². The van der Waals surface area contributed by atoms with Crippen LogP contribution in [-0.4, -0.2) is 15.7 Å². The molecular weight excluding hydrogens is 228 g/mol. The van der Waals surface area contributed by atoms with E-state index in [-0.39, 0.29) is 5.96 Å². The van der Waals surface area contributed by atoms with Gasteiger partial charge in [-0.05, 0) is 5.16 Å². The summed E-state index contributed by atoms with van der Waals surface area (Å²) >= 11 is 15.8. The van der Waals surface area contributed by atoms with Crippen molar-refractivity contribution in [3.63, 3.8) is 0 Å². The number of halogens is 3. The van der Waals surface area contributed by atoms with E-state index in [0.717, 1.165) is 0 Å². The van der Waals surface area contributed by atoms with Crippen LogP contribution in [0.5, 0.6) is 0 Å². The minimum atomic E-state index is -1.70. The molecule has 0 heterocycles. The second-order valence-electron chi connectivity index (χ2n) is 1.77. The number of nitrogens with two attached hydrogens (primary N) is 2. The van der Waals surface area contributed by atoms with Gasteiger partial charge < -0.3 is 16.3 Å². The van der Waals surface area contributed by atoms with Crippen molar-refractivity contribution in [2.75, 3.05) is 0 Å². The SMILES string of the molecule is NC(N)=NOC(=O)CC(Cl)(Cl)Cl. The van der Waals surface area contributed by atoms with Crippen molar-refractivity contribution in [3.8, 4) is 0 Å². The number of nitrogens with zero attached hydrogens (tertiary/aromatic N) is 1. The van der Waals surface area contributed by atoms with Crippen LogP contribution in [0.25, 0.3) is 0 Å². The number of oxime groups is 1. The Labute approximate surface area is 83.5 Å². The third kappa shape index (κ3) is 7.71. The monoisotopic (exact) mass is 233 g/mol. The van der Waals surface area contributed by atoms with E-state index in [4.69, 9.17) is 46.3 Å². The highest BCUT2D eigenvalue weighted by Gasteiger charge is 2.25. The first-order valence-corrected chi connectivity index (χ1v) is 3.80. The predicted molar refractivity (Wildman–Crippen MR) is 46.8 cm³/mol. The summed E-state index contributed by atoms with van der Waals surface area (Å²) in [6.45, 7) is 0. The van der Waals surface area contributed by atoms with Gasteiger partial charge in [-0.2, -0.15) is 0 Å². The lowest BCUT2D eigenvalue weighted by Crippen LogP contribution is -2.24. The summed E-state index contributed by atoms with van der Waals surface area (Å²) in [5.74, 6) is -1.21. The molecule has 0 spiro atoms. The Balaban J connectivity index is 3.84. The van der Waals surface area contributed by atoms with Gasteiger partial charge in [0, 0.05) is 0 Å². The summed E-state index contributed by atoms with van der Waals surface area (Å²) in [5.41, 5.74) is 9.71. The first kappa shape index (κ1) is 11.6. The summed E-state index contributed by atoms with van der Waals surface area (Å²) in [6, 6.07) is 0. The summed E-state index contributed by atoms with van der Waals surface area (Å²) in [4.78, 5) is 14.8. The highest BCUT2D eigenvalue weighted by Crippen LogP contribution is 2.30. The van der Waals surface area contributed by atoms with Crippen LogP contribution in [0.4, 0.5) is 0 Å². The number of carbonyl (C=O) groups excluding carboxylic acids is 1. The lowest BCUT2D eigenvalue weighted by Gasteiger charge is -2.06. The Morgan fingerprint density at radius 1 is 1.42 bits per heavy atom. The van der Waals surface area contributed by atoms with E-state index in [1.54, 1.807) is 0 Å². The van der Waals surface area contributed by atoms with Gasteiger partial charge in [-0.3, -0.25) is 0 Å². The number of hydrogen-bond donors (Lipinski definition) is 2. The molecule has 0 saturated carbocycles. The largest absolute Gasteiger partial charge is 0.367 e. The number of guanidine groups is 1. The fraction of sp³-hybridized carbons (Fsp3) is 0.500. The van der Waals surface area contributed by atoms with E-state index in [9.17, 15) is 4.79 Å². The van der Waals surface area contributed by atoms with Crippen molar-refractivity contribution >= 4 is 46.7 Å². The maximum Gasteiger partial charge on any atom is 0.339 e. The molecule has 0 aliphatic heterocycles. The van der Waals surface area contributed by atoms with Gasteiger partial charge in [-0.25, -0.2) is 4.79 Å². The molecule has 5 nitrogen and oxygen atoms in total. The van der Waals surface area contributed by atoms with Crippen molar-refractivity contribution in [2.24, 2.45) is 16.6 Å². The quantitative estimate of drug-likeness (QED) is 0.239. The van der Waals surface area contributed by atoms with E-state index in [0.29, 0.717) is 0 Å². The van der Waals surface area contributed by atoms with E-state index in [2.05, 4.69) is 9.99 Å². The number of carbonyl (C=O) groups is 1. The Morgan fingerprint density at radius 2 is 1.92 bits per heavy atom. The van der Waals surface area contributed by atoms with Crippen LogP contribution >= 0.6 is 34.8 Å². The van der Waals surface area contributed by atoms with Crippen LogP contribution in [-0.2, 0) is 9.63 Å². The fourth-order valence-corrected chi connectivity index (χ4v) is 0.627. The summed E-state index contributed by atoms with van der Waals surface area (Å²) in [5, 5.41) is 2.96. The van der Waals surface area contributed by atoms with E-state index >= 15 is 0 Å². The topological polar surface area (TPSA) is 90.7 Å². The number of alkyl halides is 3. The van der Waals surface area contributed by atoms with Gasteiger partial charge in [0.1, 0.15) is 0 Å². The predicted octanol–water partition coefficient (Wildman–Crippen LogP) is 0.478. The normalized spacial score (nSPS) is 10.6. The Bertz CT molecular complexity index is 196. The molecule has 0 fully saturated rings. The van der Waals surface area contributed by atoms with Gasteiger partial charge in [0.15, 0.2) is 0 Å². The van der Waals surface area contributed by atoms with Gasteiger partial charge in [0.05, 0.1) is 6.42 Å². The van der Waals surface area contributed by atoms with Crippen LogP contribution < -0.4 is 11.5 Å². The minimum Gasteiger partial charge on any atom is -0.367 e. The molecule has 8 heteroatoms. The molecule has 0 amide bonds. The fourth-order valence-electron chi connectivity index (χ4n) is 0.300. The Kier molecular flexibility index (Phi) is 4.44. The van der Waals surface area contributed by atoms with E-state index in [1.807, 2.05) is 0 Å². The molecule has 0 atom stereocenters. The molecule has 12 heavy (non-hydrogen) atoms. The van der Waals surface area contributed by atoms with Crippen LogP contribution in [0.2, 0.25) is 0 Å². The van der Waals surface area contributed by atoms with Crippen molar-refractivity contribution in [1.29, 1.82) is 0 Å². The molecule has 0 rings (SSSR count). The molecule has 0 radical (unpaired) electrons. The molecule has 4 N–H and O–H groups in total. The second kappa shape index (κ2) is 4.59. The highest BCUT2D eigenvalue weighted by molar-refractivity contribution is 6.68. The minimum absolute atomic E-state index is 0.382. The van der Waals surface area contributed by atoms with E-state index in [1.165, 1.54) is 0 Å². The summed E-state index contributed by atoms with van der Waals surface area (Å²) in [6.07, 6.45) is -0.422. The standard InChI is InChI=1S/C4H6Cl3N3O2/c5-4(6,7)1-2(11)12-10-3(8)9/h1H2,(H4,8,9,10). The zero-order valence-corrected chi connectivity index (χ0v) is 8.03. The zero-order chi connectivity index (χ0) is 9.78. The molecule has 0 aliphatic rings. The highest BCUT2D eigenvalue weighted by atomic mass is 35.6. The van der Waals surface area contributed by atoms with Crippen LogP contribution in [0, 0.1) is 0 Å². The van der Waals surface area contributed by atoms with Crippen LogP contribution in [0.1, 0.15) is 6.42 Å². The molecule has 0 unspecified atom stereocenters. The third-order valence-electron chi connectivity index (χ3n) is 0.598. The van der Waals surface area contributed by atoms with Gasteiger partial charge >= 0.3 is 5.97 Å². The summed E-state index contributed by atoms with van der Waals surface area (Å²) < 4.78 is -1.70. The van der Waals surface area contributed by atoms with E-state index < -0.39 is 16.2 Å². The molecule has 0 aromatic heterocycles. The average molecular weight is 234 g/mol. The lowest BCUT2D eigenvalue weighted by molar-refractivity contribution is -0.143. The Morgan fingerprint density at radius 3 is 2.25 bits per heavy atom.